The summed E-state index contributed by atoms with van der Waals surface area (Å²) in [6, 6.07) is 0. The summed E-state index contributed by atoms with van der Waals surface area (Å²) >= 11 is 0. The van der Waals surface area contributed by atoms with E-state index in [1.165, 1.54) is 154 Å². The van der Waals surface area contributed by atoms with E-state index in [4.69, 9.17) is 4.74 Å². The molecule has 0 rings (SSSR count). The van der Waals surface area contributed by atoms with Crippen LogP contribution in [0.15, 0.2) is 0 Å². The van der Waals surface area contributed by atoms with Gasteiger partial charge >= 0.3 is 5.97 Å². The van der Waals surface area contributed by atoms with Gasteiger partial charge < -0.3 is 4.74 Å². The van der Waals surface area contributed by atoms with E-state index < -0.39 is 0 Å². The quantitative estimate of drug-likeness (QED) is 0.0785. The zero-order valence-electron chi connectivity index (χ0n) is 23.8. The molecule has 0 radical (unpaired) electrons. The lowest BCUT2D eigenvalue weighted by Gasteiger charge is -2.05. The maximum absolute atomic E-state index is 11.6. The number of esters is 1. The topological polar surface area (TPSA) is 26.3 Å². The number of rotatable bonds is 29. The normalized spacial score (nSPS) is 11.2. The van der Waals surface area contributed by atoms with Gasteiger partial charge in [-0.25, -0.2) is 0 Å². The number of carbonyl (C=O) groups excluding carboxylic acids is 1. The monoisotopic (exact) mass is 480 g/mol. The van der Waals surface area contributed by atoms with Crippen LogP contribution in [0.5, 0.6) is 0 Å². The lowest BCUT2D eigenvalue weighted by Crippen LogP contribution is -2.05. The van der Waals surface area contributed by atoms with Crippen LogP contribution in [0.1, 0.15) is 194 Å². The highest BCUT2D eigenvalue weighted by Gasteiger charge is 2.02. The van der Waals surface area contributed by atoms with Gasteiger partial charge in [-0.2, -0.15) is 0 Å². The number of hydrogen-bond donors (Lipinski definition) is 0. The molecular formula is C32H64O2. The van der Waals surface area contributed by atoms with E-state index in [-0.39, 0.29) is 5.97 Å². The molecule has 0 aliphatic rings. The summed E-state index contributed by atoms with van der Waals surface area (Å²) < 4.78 is 5.33. The second-order valence-corrected chi connectivity index (χ2v) is 10.8. The van der Waals surface area contributed by atoms with Gasteiger partial charge in [0.25, 0.3) is 0 Å². The van der Waals surface area contributed by atoms with Crippen LogP contribution in [-0.4, -0.2) is 12.6 Å². The molecule has 0 fully saturated rings. The average Bonchev–Trinajstić information content (AvgIpc) is 2.84. The van der Waals surface area contributed by atoms with E-state index in [0.717, 1.165) is 19.3 Å². The van der Waals surface area contributed by atoms with Crippen LogP contribution in [0, 0.1) is 0 Å². The van der Waals surface area contributed by atoms with Crippen LogP contribution in [0.3, 0.4) is 0 Å². The van der Waals surface area contributed by atoms with E-state index in [1.807, 2.05) is 0 Å². The highest BCUT2D eigenvalue weighted by molar-refractivity contribution is 5.69. The minimum atomic E-state index is 0.00917. The molecule has 0 N–H and O–H groups in total. The zero-order valence-corrected chi connectivity index (χ0v) is 23.8. The van der Waals surface area contributed by atoms with Crippen molar-refractivity contribution in [2.45, 2.75) is 194 Å². The fraction of sp³-hybridized carbons (Fsp3) is 0.969. The Morgan fingerprint density at radius 3 is 0.971 bits per heavy atom. The zero-order chi connectivity index (χ0) is 24.8. The molecule has 0 aromatic rings. The van der Waals surface area contributed by atoms with E-state index in [2.05, 4.69) is 13.8 Å². The van der Waals surface area contributed by atoms with Crippen LogP contribution in [-0.2, 0) is 9.53 Å². The van der Waals surface area contributed by atoms with Gasteiger partial charge in [0.15, 0.2) is 0 Å². The van der Waals surface area contributed by atoms with Crippen molar-refractivity contribution in [3.8, 4) is 0 Å². The third-order valence-corrected chi connectivity index (χ3v) is 7.25. The summed E-state index contributed by atoms with van der Waals surface area (Å²) in [4.78, 5) is 11.6. The summed E-state index contributed by atoms with van der Waals surface area (Å²) in [5, 5.41) is 0. The predicted octanol–water partition coefficient (Wildman–Crippen LogP) is 11.5. The van der Waals surface area contributed by atoms with Gasteiger partial charge in [-0.3, -0.25) is 4.79 Å². The maximum Gasteiger partial charge on any atom is 0.305 e. The summed E-state index contributed by atoms with van der Waals surface area (Å²) in [6.07, 6.45) is 37.6. The van der Waals surface area contributed by atoms with Crippen LogP contribution >= 0.6 is 0 Å². The fourth-order valence-electron chi connectivity index (χ4n) is 4.84. The maximum atomic E-state index is 11.6. The minimum absolute atomic E-state index is 0.00917. The van der Waals surface area contributed by atoms with Gasteiger partial charge in [0.05, 0.1) is 6.61 Å². The van der Waals surface area contributed by atoms with Gasteiger partial charge in [0.2, 0.25) is 0 Å². The molecule has 0 spiro atoms. The first-order chi connectivity index (χ1) is 16.8. The average molecular weight is 481 g/mol. The molecule has 0 saturated carbocycles. The van der Waals surface area contributed by atoms with Crippen molar-refractivity contribution in [1.82, 2.24) is 0 Å². The lowest BCUT2D eigenvalue weighted by atomic mass is 10.0. The molecule has 0 aromatic carbocycles. The van der Waals surface area contributed by atoms with Crippen LogP contribution in [0.25, 0.3) is 0 Å². The summed E-state index contributed by atoms with van der Waals surface area (Å²) in [7, 11) is 0. The lowest BCUT2D eigenvalue weighted by molar-refractivity contribution is -0.143. The van der Waals surface area contributed by atoms with Gasteiger partial charge in [-0.05, 0) is 12.8 Å². The molecule has 0 atom stereocenters. The largest absolute Gasteiger partial charge is 0.466 e. The first-order valence-corrected chi connectivity index (χ1v) is 16.0. The number of carbonyl (C=O) groups is 1. The minimum Gasteiger partial charge on any atom is -0.466 e. The van der Waals surface area contributed by atoms with Crippen molar-refractivity contribution in [3.05, 3.63) is 0 Å². The second-order valence-electron chi connectivity index (χ2n) is 10.8. The molecule has 2 heteroatoms. The van der Waals surface area contributed by atoms with Gasteiger partial charge in [-0.1, -0.05) is 174 Å². The molecule has 0 amide bonds. The summed E-state index contributed by atoms with van der Waals surface area (Å²) in [5.41, 5.74) is 0. The van der Waals surface area contributed by atoms with Crippen molar-refractivity contribution in [1.29, 1.82) is 0 Å². The SMILES string of the molecule is CCCCCCCCCCCCCCCCCCCCCCCCCOC(=O)CCCCCC. The Morgan fingerprint density at radius 1 is 0.382 bits per heavy atom. The van der Waals surface area contributed by atoms with E-state index in [0.29, 0.717) is 13.0 Å². The molecule has 0 aliphatic heterocycles. The highest BCUT2D eigenvalue weighted by Crippen LogP contribution is 2.15. The molecular weight excluding hydrogens is 416 g/mol. The van der Waals surface area contributed by atoms with Crippen LogP contribution < -0.4 is 0 Å². The smallest absolute Gasteiger partial charge is 0.305 e. The van der Waals surface area contributed by atoms with Crippen molar-refractivity contribution >= 4 is 5.97 Å². The van der Waals surface area contributed by atoms with Crippen LogP contribution in [0.4, 0.5) is 0 Å². The molecule has 0 heterocycles. The summed E-state index contributed by atoms with van der Waals surface area (Å²) in [5.74, 6) is 0.00917. The molecule has 0 bridgehead atoms. The van der Waals surface area contributed by atoms with E-state index in [1.54, 1.807) is 0 Å². The molecule has 2 nitrogen and oxygen atoms in total. The highest BCUT2D eigenvalue weighted by atomic mass is 16.5. The van der Waals surface area contributed by atoms with Gasteiger partial charge in [0, 0.05) is 6.42 Å². The summed E-state index contributed by atoms with van der Waals surface area (Å²) in [6.45, 7) is 5.12. The van der Waals surface area contributed by atoms with Gasteiger partial charge in [-0.15, -0.1) is 0 Å². The van der Waals surface area contributed by atoms with Crippen molar-refractivity contribution in [2.24, 2.45) is 0 Å². The Bertz CT molecular complexity index is 379. The number of ether oxygens (including phenoxy) is 1. The van der Waals surface area contributed by atoms with E-state index >= 15 is 0 Å². The van der Waals surface area contributed by atoms with Crippen molar-refractivity contribution in [3.63, 3.8) is 0 Å². The Labute approximate surface area is 215 Å². The van der Waals surface area contributed by atoms with Crippen molar-refractivity contribution < 1.29 is 9.53 Å². The molecule has 0 saturated heterocycles. The first-order valence-electron chi connectivity index (χ1n) is 16.0. The van der Waals surface area contributed by atoms with Crippen molar-refractivity contribution in [2.75, 3.05) is 6.61 Å². The Balaban J connectivity index is 3.07. The third-order valence-electron chi connectivity index (χ3n) is 7.25. The molecule has 0 aromatic heterocycles. The third kappa shape index (κ3) is 29.5. The molecule has 204 valence electrons. The molecule has 0 aliphatic carbocycles. The van der Waals surface area contributed by atoms with Crippen LogP contribution in [0.2, 0.25) is 0 Å². The molecule has 34 heavy (non-hydrogen) atoms. The van der Waals surface area contributed by atoms with Gasteiger partial charge in [0.1, 0.15) is 0 Å². The number of unbranched alkanes of at least 4 members (excludes halogenated alkanes) is 25. The molecule has 0 unspecified atom stereocenters. The van der Waals surface area contributed by atoms with E-state index in [9.17, 15) is 4.79 Å². The standard InChI is InChI=1S/C32H64O2/c1-3-5-7-9-10-11-12-13-14-15-16-17-18-19-20-21-22-23-24-25-26-27-29-31-34-32(33)30-28-8-6-4-2/h3-31H2,1-2H3. The Morgan fingerprint density at radius 2 is 0.647 bits per heavy atom. The fourth-order valence-corrected chi connectivity index (χ4v) is 4.84. The Kier molecular flexibility index (Phi) is 30.0. The predicted molar refractivity (Wildman–Crippen MR) is 152 cm³/mol. The Hall–Kier alpha value is -0.530. The number of hydrogen-bond acceptors (Lipinski definition) is 2. The first kappa shape index (κ1) is 33.5. The second kappa shape index (κ2) is 30.5.